The molecule has 1 heterocycles. The lowest BCUT2D eigenvalue weighted by Crippen LogP contribution is -2.48. The number of nitrogen functional groups attached to an aromatic ring is 1. The van der Waals surface area contributed by atoms with Crippen molar-refractivity contribution in [2.45, 2.75) is 12.8 Å². The van der Waals surface area contributed by atoms with Gasteiger partial charge >= 0.3 is 5.97 Å². The quantitative estimate of drug-likeness (QED) is 0.525. The van der Waals surface area contributed by atoms with Crippen molar-refractivity contribution in [1.29, 1.82) is 5.41 Å². The molecule has 1 aliphatic heterocycles. The molecule has 1 aromatic carbocycles. The van der Waals surface area contributed by atoms with E-state index in [-0.39, 0.29) is 18.2 Å². The molecule has 0 unspecified atom stereocenters. The van der Waals surface area contributed by atoms with E-state index in [4.69, 9.17) is 16.2 Å². The lowest BCUT2D eigenvalue weighted by Gasteiger charge is -2.34. The summed E-state index contributed by atoms with van der Waals surface area (Å²) in [6.07, 6.45) is 0.817. The van der Waals surface area contributed by atoms with Crippen LogP contribution in [-0.4, -0.2) is 65.3 Å². The van der Waals surface area contributed by atoms with Crippen molar-refractivity contribution in [3.8, 4) is 0 Å². The number of carboxylic acids is 1. The minimum atomic E-state index is -0.771. The third kappa shape index (κ3) is 4.79. The maximum Gasteiger partial charge on any atom is 0.303 e. The van der Waals surface area contributed by atoms with Crippen LogP contribution in [0.5, 0.6) is 0 Å². The molecule has 2 rings (SSSR count). The maximum atomic E-state index is 12.4. The zero-order valence-corrected chi connectivity index (χ0v) is 13.0. The van der Waals surface area contributed by atoms with Crippen LogP contribution in [-0.2, 0) is 4.79 Å². The molecular formula is C16H22N4O3. The molecule has 0 aromatic heterocycles. The van der Waals surface area contributed by atoms with Crippen molar-refractivity contribution < 1.29 is 14.7 Å². The Labute approximate surface area is 135 Å². The molecule has 1 aromatic rings. The summed E-state index contributed by atoms with van der Waals surface area (Å²) in [5.41, 5.74) is 6.60. The first-order valence-corrected chi connectivity index (χ1v) is 7.65. The normalized spacial score (nSPS) is 15.4. The molecule has 7 nitrogen and oxygen atoms in total. The smallest absolute Gasteiger partial charge is 0.303 e. The zero-order valence-electron chi connectivity index (χ0n) is 13.0. The molecule has 0 spiro atoms. The van der Waals surface area contributed by atoms with E-state index < -0.39 is 5.97 Å². The number of rotatable bonds is 6. The Balaban J connectivity index is 1.83. The van der Waals surface area contributed by atoms with E-state index in [1.807, 2.05) is 0 Å². The average Bonchev–Trinajstić information content (AvgIpc) is 2.54. The van der Waals surface area contributed by atoms with E-state index in [0.717, 1.165) is 19.6 Å². The third-order valence-corrected chi connectivity index (χ3v) is 3.97. The van der Waals surface area contributed by atoms with Crippen LogP contribution in [0.4, 0.5) is 0 Å². The first-order valence-electron chi connectivity index (χ1n) is 7.65. The van der Waals surface area contributed by atoms with Gasteiger partial charge in [0.15, 0.2) is 0 Å². The van der Waals surface area contributed by atoms with E-state index in [9.17, 15) is 9.59 Å². The van der Waals surface area contributed by atoms with Gasteiger partial charge in [-0.3, -0.25) is 19.9 Å². The van der Waals surface area contributed by atoms with Gasteiger partial charge in [-0.25, -0.2) is 0 Å². The molecule has 7 heteroatoms. The number of benzene rings is 1. The van der Waals surface area contributed by atoms with Crippen LogP contribution in [0.3, 0.4) is 0 Å². The molecule has 4 N–H and O–H groups in total. The first kappa shape index (κ1) is 17.0. The molecular weight excluding hydrogens is 296 g/mol. The second-order valence-electron chi connectivity index (χ2n) is 5.62. The van der Waals surface area contributed by atoms with E-state index in [0.29, 0.717) is 30.6 Å². The predicted octanol–water partition coefficient (Wildman–Crippen LogP) is 0.593. The second kappa shape index (κ2) is 7.73. The van der Waals surface area contributed by atoms with Crippen molar-refractivity contribution >= 4 is 17.7 Å². The summed E-state index contributed by atoms with van der Waals surface area (Å²) in [5, 5.41) is 16.0. The molecule has 23 heavy (non-hydrogen) atoms. The topological polar surface area (TPSA) is 111 Å². The maximum absolute atomic E-state index is 12.4. The van der Waals surface area contributed by atoms with Gasteiger partial charge in [0.1, 0.15) is 5.84 Å². The fraction of sp³-hybridized carbons (Fsp3) is 0.438. The molecule has 1 aliphatic rings. The molecule has 1 fully saturated rings. The molecule has 1 amide bonds. The fourth-order valence-electron chi connectivity index (χ4n) is 2.60. The van der Waals surface area contributed by atoms with Crippen LogP contribution < -0.4 is 5.73 Å². The summed E-state index contributed by atoms with van der Waals surface area (Å²) in [4.78, 5) is 26.9. The van der Waals surface area contributed by atoms with Gasteiger partial charge in [0.2, 0.25) is 0 Å². The van der Waals surface area contributed by atoms with E-state index in [1.165, 1.54) is 0 Å². The van der Waals surface area contributed by atoms with Gasteiger partial charge in [-0.15, -0.1) is 0 Å². The number of carboxylic acid groups (broad SMARTS) is 1. The molecule has 0 aliphatic carbocycles. The van der Waals surface area contributed by atoms with E-state index >= 15 is 0 Å². The third-order valence-electron chi connectivity index (χ3n) is 3.97. The standard InChI is InChI=1S/C16H22N4O3/c17-15(18)12-3-5-13(6-4-12)16(23)20-10-8-19(9-11-20)7-1-2-14(21)22/h3-6H,1-2,7-11H2,(H3,17,18)(H,21,22). The number of hydrogen-bond donors (Lipinski definition) is 3. The minimum absolute atomic E-state index is 0.0148. The second-order valence-corrected chi connectivity index (χ2v) is 5.62. The summed E-state index contributed by atoms with van der Waals surface area (Å²) in [5.74, 6) is -0.808. The van der Waals surface area contributed by atoms with Crippen LogP contribution >= 0.6 is 0 Å². The Morgan fingerprint density at radius 3 is 2.17 bits per heavy atom. The lowest BCUT2D eigenvalue weighted by molar-refractivity contribution is -0.137. The average molecular weight is 318 g/mol. The number of nitrogens with two attached hydrogens (primary N) is 1. The molecule has 124 valence electrons. The number of hydrogen-bond acceptors (Lipinski definition) is 4. The van der Waals surface area contributed by atoms with Crippen molar-refractivity contribution in [2.24, 2.45) is 5.73 Å². The van der Waals surface area contributed by atoms with Gasteiger partial charge in [0, 0.05) is 43.7 Å². The Hall–Kier alpha value is -2.41. The Morgan fingerprint density at radius 1 is 1.09 bits per heavy atom. The van der Waals surface area contributed by atoms with Gasteiger partial charge < -0.3 is 15.7 Å². The highest BCUT2D eigenvalue weighted by Gasteiger charge is 2.22. The number of amides is 1. The highest BCUT2D eigenvalue weighted by Crippen LogP contribution is 2.11. The summed E-state index contributed by atoms with van der Waals surface area (Å²) in [7, 11) is 0. The molecule has 0 radical (unpaired) electrons. The zero-order chi connectivity index (χ0) is 16.8. The van der Waals surface area contributed by atoms with Crippen molar-refractivity contribution in [3.63, 3.8) is 0 Å². The van der Waals surface area contributed by atoms with Crippen LogP contribution in [0.25, 0.3) is 0 Å². The number of carbonyl (C=O) groups is 2. The lowest BCUT2D eigenvalue weighted by atomic mass is 10.1. The number of piperazine rings is 1. The summed E-state index contributed by atoms with van der Waals surface area (Å²) in [6, 6.07) is 6.74. The minimum Gasteiger partial charge on any atom is -0.481 e. The highest BCUT2D eigenvalue weighted by atomic mass is 16.4. The number of amidine groups is 1. The van der Waals surface area contributed by atoms with Gasteiger partial charge in [0.25, 0.3) is 5.91 Å². The van der Waals surface area contributed by atoms with E-state index in [1.54, 1.807) is 29.2 Å². The molecule has 0 bridgehead atoms. The number of carbonyl (C=O) groups excluding carboxylic acids is 1. The first-order chi connectivity index (χ1) is 11.0. The van der Waals surface area contributed by atoms with Crippen LogP contribution in [0.1, 0.15) is 28.8 Å². The van der Waals surface area contributed by atoms with Gasteiger partial charge in [-0.2, -0.15) is 0 Å². The van der Waals surface area contributed by atoms with Crippen molar-refractivity contribution in [1.82, 2.24) is 9.80 Å². The van der Waals surface area contributed by atoms with Crippen LogP contribution in [0, 0.1) is 5.41 Å². The number of aliphatic carboxylic acids is 1. The Morgan fingerprint density at radius 2 is 1.65 bits per heavy atom. The summed E-state index contributed by atoms with van der Waals surface area (Å²) < 4.78 is 0. The number of nitrogens with one attached hydrogen (secondary N) is 1. The van der Waals surface area contributed by atoms with E-state index in [2.05, 4.69) is 4.90 Å². The van der Waals surface area contributed by atoms with Crippen LogP contribution in [0.2, 0.25) is 0 Å². The number of nitrogens with zero attached hydrogens (tertiary/aromatic N) is 2. The monoisotopic (exact) mass is 318 g/mol. The molecule has 1 saturated heterocycles. The van der Waals surface area contributed by atoms with Gasteiger partial charge in [0.05, 0.1) is 0 Å². The van der Waals surface area contributed by atoms with Gasteiger partial charge in [-0.05, 0) is 25.1 Å². The molecule has 0 atom stereocenters. The van der Waals surface area contributed by atoms with Gasteiger partial charge in [-0.1, -0.05) is 12.1 Å². The Bertz CT molecular complexity index is 577. The van der Waals surface area contributed by atoms with Crippen molar-refractivity contribution in [3.05, 3.63) is 35.4 Å². The fourth-order valence-corrected chi connectivity index (χ4v) is 2.60. The highest BCUT2D eigenvalue weighted by molar-refractivity contribution is 5.98. The molecule has 0 saturated carbocycles. The predicted molar refractivity (Wildman–Crippen MR) is 86.7 cm³/mol. The Kier molecular flexibility index (Phi) is 5.70. The largest absolute Gasteiger partial charge is 0.481 e. The SMILES string of the molecule is N=C(N)c1ccc(C(=O)N2CCN(CCCC(=O)O)CC2)cc1. The van der Waals surface area contributed by atoms with Crippen molar-refractivity contribution in [2.75, 3.05) is 32.7 Å². The summed E-state index contributed by atoms with van der Waals surface area (Å²) >= 11 is 0. The van der Waals surface area contributed by atoms with Crippen LogP contribution in [0.15, 0.2) is 24.3 Å². The summed E-state index contributed by atoms with van der Waals surface area (Å²) in [6.45, 7) is 3.55.